The molecule has 5 rings (SSSR count). The molecule has 0 bridgehead atoms. The van der Waals surface area contributed by atoms with E-state index in [-0.39, 0.29) is 17.8 Å². The van der Waals surface area contributed by atoms with Gasteiger partial charge in [-0.1, -0.05) is 0 Å². The number of aryl methyl sites for hydroxylation is 2. The van der Waals surface area contributed by atoms with Gasteiger partial charge in [0.2, 0.25) is 5.95 Å². The summed E-state index contributed by atoms with van der Waals surface area (Å²) in [4.78, 5) is 20.5. The van der Waals surface area contributed by atoms with Crippen LogP contribution in [0.25, 0.3) is 22.4 Å². The second-order valence-electron chi connectivity index (χ2n) is 8.25. The van der Waals surface area contributed by atoms with Crippen LogP contribution in [-0.4, -0.2) is 58.4 Å². The first-order valence-electron chi connectivity index (χ1n) is 10.4. The summed E-state index contributed by atoms with van der Waals surface area (Å²) < 4.78 is 39.7. The molecule has 0 unspecified atom stereocenters. The van der Waals surface area contributed by atoms with E-state index in [4.69, 9.17) is 14.5 Å². The highest BCUT2D eigenvalue weighted by Gasteiger charge is 2.36. The average Bonchev–Trinajstić information content (AvgIpc) is 2.67. The number of nitrogens with zero attached hydrogens (tertiary/aromatic N) is 5. The molecule has 2 fully saturated rings. The van der Waals surface area contributed by atoms with E-state index >= 15 is 0 Å². The van der Waals surface area contributed by atoms with Gasteiger partial charge in [0.05, 0.1) is 36.8 Å². The van der Waals surface area contributed by atoms with Gasteiger partial charge >= 0.3 is 0 Å². The Bertz CT molecular complexity index is 1150. The number of hydrogen-bond acceptors (Lipinski definition) is 7. The molecular weight excluding hydrogens is 404 g/mol. The van der Waals surface area contributed by atoms with Crippen molar-refractivity contribution >= 4 is 17.1 Å². The lowest BCUT2D eigenvalue weighted by Crippen LogP contribution is -2.54. The number of ether oxygens (including phenoxy) is 2. The highest BCUT2D eigenvalue weighted by Crippen LogP contribution is 2.31. The molecule has 0 N–H and O–H groups in total. The number of anilines is 1. The maximum Gasteiger partial charge on any atom is 0.228 e. The molecule has 0 saturated carbocycles. The van der Waals surface area contributed by atoms with Gasteiger partial charge in [-0.2, -0.15) is 4.98 Å². The number of hydrogen-bond donors (Lipinski definition) is 0. The van der Waals surface area contributed by atoms with Gasteiger partial charge in [-0.15, -0.1) is 0 Å². The molecule has 162 valence electrons. The van der Waals surface area contributed by atoms with Crippen LogP contribution in [0, 0.1) is 31.4 Å². The van der Waals surface area contributed by atoms with Crippen LogP contribution in [-0.2, 0) is 9.47 Å². The van der Waals surface area contributed by atoms with Crippen molar-refractivity contribution in [2.45, 2.75) is 33.0 Å². The molecule has 2 atom stereocenters. The van der Waals surface area contributed by atoms with E-state index in [0.29, 0.717) is 60.7 Å². The van der Waals surface area contributed by atoms with Gasteiger partial charge in [-0.25, -0.2) is 23.7 Å². The van der Waals surface area contributed by atoms with E-state index in [2.05, 4.69) is 15.0 Å². The van der Waals surface area contributed by atoms with E-state index < -0.39 is 11.6 Å². The lowest BCUT2D eigenvalue weighted by molar-refractivity contribution is -0.135. The molecule has 1 aromatic carbocycles. The third kappa shape index (κ3) is 3.72. The summed E-state index contributed by atoms with van der Waals surface area (Å²) in [5.41, 5.74) is 2.69. The Balaban J connectivity index is 1.64. The SMILES string of the molecule is Cc1nc2nc(N3C[C@@H](C4COC4)O[C@@H](C)C3)nc(-c3ccc(F)cc3F)c2nc1C. The van der Waals surface area contributed by atoms with Crippen molar-refractivity contribution in [3.8, 4) is 11.3 Å². The molecular formula is C22H23F2N5O2. The molecule has 3 aromatic rings. The first-order chi connectivity index (χ1) is 14.9. The van der Waals surface area contributed by atoms with Crippen molar-refractivity contribution in [1.82, 2.24) is 19.9 Å². The highest BCUT2D eigenvalue weighted by molar-refractivity contribution is 5.88. The van der Waals surface area contributed by atoms with E-state index in [1.165, 1.54) is 12.1 Å². The highest BCUT2D eigenvalue weighted by atomic mass is 19.1. The summed E-state index contributed by atoms with van der Waals surface area (Å²) in [6.45, 7) is 8.25. The van der Waals surface area contributed by atoms with Gasteiger partial charge in [-0.3, -0.25) is 0 Å². The second-order valence-corrected chi connectivity index (χ2v) is 8.25. The Hall–Kier alpha value is -2.78. The largest absolute Gasteiger partial charge is 0.380 e. The van der Waals surface area contributed by atoms with Crippen molar-refractivity contribution in [2.24, 2.45) is 5.92 Å². The zero-order valence-corrected chi connectivity index (χ0v) is 17.6. The first kappa shape index (κ1) is 20.1. The average molecular weight is 427 g/mol. The van der Waals surface area contributed by atoms with Crippen LogP contribution in [0.1, 0.15) is 18.3 Å². The number of morpholine rings is 1. The third-order valence-electron chi connectivity index (χ3n) is 5.87. The van der Waals surface area contributed by atoms with Gasteiger partial charge < -0.3 is 14.4 Å². The zero-order valence-electron chi connectivity index (χ0n) is 17.6. The van der Waals surface area contributed by atoms with Crippen molar-refractivity contribution in [2.75, 3.05) is 31.2 Å². The summed E-state index contributed by atoms with van der Waals surface area (Å²) in [6.07, 6.45) is -0.0101. The van der Waals surface area contributed by atoms with Gasteiger partial charge in [0.1, 0.15) is 22.8 Å². The molecule has 0 amide bonds. The minimum Gasteiger partial charge on any atom is -0.380 e. The van der Waals surface area contributed by atoms with Crippen LogP contribution in [0.4, 0.5) is 14.7 Å². The van der Waals surface area contributed by atoms with Crippen LogP contribution in [0.2, 0.25) is 0 Å². The number of halogens is 2. The lowest BCUT2D eigenvalue weighted by atomic mass is 9.98. The fourth-order valence-electron chi connectivity index (χ4n) is 3.99. The summed E-state index contributed by atoms with van der Waals surface area (Å²) in [6, 6.07) is 3.44. The molecule has 2 aliphatic rings. The monoisotopic (exact) mass is 427 g/mol. The molecule has 2 saturated heterocycles. The van der Waals surface area contributed by atoms with Crippen LogP contribution in [0.5, 0.6) is 0 Å². The Kier molecular flexibility index (Phi) is 5.02. The fourth-order valence-corrected chi connectivity index (χ4v) is 3.99. The molecule has 0 spiro atoms. The quantitative estimate of drug-likeness (QED) is 0.635. The molecule has 2 aromatic heterocycles. The van der Waals surface area contributed by atoms with Gasteiger partial charge in [-0.05, 0) is 32.9 Å². The van der Waals surface area contributed by atoms with Crippen LogP contribution < -0.4 is 4.90 Å². The molecule has 2 aliphatic heterocycles. The molecule has 7 nitrogen and oxygen atoms in total. The molecule has 31 heavy (non-hydrogen) atoms. The predicted molar refractivity (Wildman–Crippen MR) is 111 cm³/mol. The van der Waals surface area contributed by atoms with Crippen LogP contribution >= 0.6 is 0 Å². The maximum absolute atomic E-state index is 14.7. The zero-order chi connectivity index (χ0) is 21.7. The molecule has 4 heterocycles. The van der Waals surface area contributed by atoms with Crippen LogP contribution in [0.3, 0.4) is 0 Å². The van der Waals surface area contributed by atoms with Crippen molar-refractivity contribution in [3.63, 3.8) is 0 Å². The van der Waals surface area contributed by atoms with E-state index in [0.717, 1.165) is 11.8 Å². The molecule has 9 heteroatoms. The number of benzene rings is 1. The Morgan fingerprint density at radius 3 is 2.48 bits per heavy atom. The van der Waals surface area contributed by atoms with Crippen molar-refractivity contribution in [3.05, 3.63) is 41.2 Å². The number of fused-ring (bicyclic) bond motifs is 1. The summed E-state index contributed by atoms with van der Waals surface area (Å²) in [5, 5.41) is 0. The summed E-state index contributed by atoms with van der Waals surface area (Å²) in [7, 11) is 0. The fraction of sp³-hybridized carbons (Fsp3) is 0.455. The minimum absolute atomic E-state index is 0.00800. The summed E-state index contributed by atoms with van der Waals surface area (Å²) >= 11 is 0. The second kappa shape index (κ2) is 7.72. The lowest BCUT2D eigenvalue weighted by Gasteiger charge is -2.42. The Labute approximate surface area is 178 Å². The normalized spacial score (nSPS) is 22.0. The van der Waals surface area contributed by atoms with E-state index in [9.17, 15) is 8.78 Å². The third-order valence-corrected chi connectivity index (χ3v) is 5.87. The maximum atomic E-state index is 14.7. The Morgan fingerprint density at radius 1 is 1.00 bits per heavy atom. The Morgan fingerprint density at radius 2 is 1.77 bits per heavy atom. The van der Waals surface area contributed by atoms with Gasteiger partial charge in [0.15, 0.2) is 5.65 Å². The van der Waals surface area contributed by atoms with Gasteiger partial charge in [0.25, 0.3) is 0 Å². The smallest absolute Gasteiger partial charge is 0.228 e. The first-order valence-corrected chi connectivity index (χ1v) is 10.4. The number of rotatable bonds is 3. The van der Waals surface area contributed by atoms with E-state index in [1.54, 1.807) is 0 Å². The van der Waals surface area contributed by atoms with E-state index in [1.807, 2.05) is 25.7 Å². The standard InChI is InChI=1S/C22H23F2N5O2/c1-11-7-29(8-18(31-11)14-9-30-10-14)22-27-19(16-5-4-15(23)6-17(16)24)20-21(28-22)26-13(3)12(2)25-20/h4-6,11,14,18H,7-10H2,1-3H3/t11-,18-/m0/s1. The topological polar surface area (TPSA) is 73.3 Å². The predicted octanol–water partition coefficient (Wildman–Crippen LogP) is 3.22. The molecule has 0 radical (unpaired) electrons. The number of aromatic nitrogens is 4. The van der Waals surface area contributed by atoms with Crippen LogP contribution in [0.15, 0.2) is 18.2 Å². The summed E-state index contributed by atoms with van der Waals surface area (Å²) in [5.74, 6) is -0.579. The van der Waals surface area contributed by atoms with Crippen molar-refractivity contribution < 1.29 is 18.3 Å². The minimum atomic E-state index is -0.703. The molecule has 0 aliphatic carbocycles. The van der Waals surface area contributed by atoms with Crippen molar-refractivity contribution in [1.29, 1.82) is 0 Å². The van der Waals surface area contributed by atoms with Gasteiger partial charge in [0, 0.05) is 30.6 Å².